The Balaban J connectivity index is 2.04. The third-order valence-corrected chi connectivity index (χ3v) is 3.75. The van der Waals surface area contributed by atoms with Gasteiger partial charge in [0.1, 0.15) is 0 Å². The number of carbonyl (C=O) groups is 1. The fourth-order valence-electron chi connectivity index (χ4n) is 2.71. The van der Waals surface area contributed by atoms with E-state index in [4.69, 9.17) is 15.7 Å². The summed E-state index contributed by atoms with van der Waals surface area (Å²) in [6, 6.07) is 0.178. The van der Waals surface area contributed by atoms with E-state index in [1.807, 2.05) is 0 Å². The van der Waals surface area contributed by atoms with Crippen molar-refractivity contribution in [3.63, 3.8) is 0 Å². The Hall–Kier alpha value is -1.50. The molecule has 0 unspecified atom stereocenters. The molecule has 108 valence electrons. The standard InChI is InChI=1S/C12H22N4O3/c13-11(14-18)9-16(10-3-1-2-4-10)12(17)15-5-7-19-8-6-15/h10,18H,1-9H2,(H2,13,14). The van der Waals surface area contributed by atoms with Gasteiger partial charge in [0.25, 0.3) is 0 Å². The van der Waals surface area contributed by atoms with Crippen LogP contribution in [0, 0.1) is 0 Å². The quantitative estimate of drug-likeness (QED) is 0.337. The van der Waals surface area contributed by atoms with E-state index in [2.05, 4.69) is 5.16 Å². The number of hydrogen-bond acceptors (Lipinski definition) is 4. The number of nitrogens with two attached hydrogens (primary N) is 1. The van der Waals surface area contributed by atoms with E-state index in [0.717, 1.165) is 25.7 Å². The van der Waals surface area contributed by atoms with Crippen LogP contribution >= 0.6 is 0 Å². The molecule has 2 aliphatic rings. The van der Waals surface area contributed by atoms with Crippen molar-refractivity contribution in [3.05, 3.63) is 0 Å². The van der Waals surface area contributed by atoms with Gasteiger partial charge in [-0.2, -0.15) is 0 Å². The van der Waals surface area contributed by atoms with Crippen molar-refractivity contribution in [3.8, 4) is 0 Å². The van der Waals surface area contributed by atoms with Crippen molar-refractivity contribution in [2.75, 3.05) is 32.8 Å². The summed E-state index contributed by atoms with van der Waals surface area (Å²) in [4.78, 5) is 16.1. The monoisotopic (exact) mass is 270 g/mol. The normalized spacial score (nSPS) is 21.7. The maximum atomic E-state index is 12.5. The van der Waals surface area contributed by atoms with Crippen LogP contribution in [0.1, 0.15) is 25.7 Å². The highest BCUT2D eigenvalue weighted by atomic mass is 16.5. The Morgan fingerprint density at radius 1 is 1.37 bits per heavy atom. The lowest BCUT2D eigenvalue weighted by molar-refractivity contribution is 0.0410. The average molecular weight is 270 g/mol. The van der Waals surface area contributed by atoms with E-state index in [1.165, 1.54) is 0 Å². The summed E-state index contributed by atoms with van der Waals surface area (Å²) in [5.41, 5.74) is 5.57. The van der Waals surface area contributed by atoms with Crippen molar-refractivity contribution >= 4 is 11.9 Å². The maximum Gasteiger partial charge on any atom is 0.320 e. The van der Waals surface area contributed by atoms with E-state index in [-0.39, 0.29) is 24.5 Å². The lowest BCUT2D eigenvalue weighted by Crippen LogP contribution is -2.53. The highest BCUT2D eigenvalue weighted by Gasteiger charge is 2.31. The minimum absolute atomic E-state index is 0.0261. The van der Waals surface area contributed by atoms with Crippen LogP contribution in [0.5, 0.6) is 0 Å². The first-order valence-corrected chi connectivity index (χ1v) is 6.82. The second-order valence-electron chi connectivity index (χ2n) is 5.04. The number of amidine groups is 1. The van der Waals surface area contributed by atoms with E-state index in [9.17, 15) is 4.79 Å². The van der Waals surface area contributed by atoms with E-state index < -0.39 is 0 Å². The van der Waals surface area contributed by atoms with Gasteiger partial charge in [0, 0.05) is 19.1 Å². The summed E-state index contributed by atoms with van der Waals surface area (Å²) in [6.07, 6.45) is 4.25. The highest BCUT2D eigenvalue weighted by molar-refractivity contribution is 5.86. The first-order chi connectivity index (χ1) is 9.22. The molecule has 2 amide bonds. The SMILES string of the molecule is NC(CN(C(=O)N1CCOCC1)C1CCCC1)=NO. The summed E-state index contributed by atoms with van der Waals surface area (Å²) in [6.45, 7) is 2.56. The lowest BCUT2D eigenvalue weighted by atomic mass is 10.2. The van der Waals surface area contributed by atoms with Gasteiger partial charge in [-0.05, 0) is 12.8 Å². The van der Waals surface area contributed by atoms with Crippen molar-refractivity contribution < 1.29 is 14.7 Å². The summed E-state index contributed by atoms with van der Waals surface area (Å²) in [7, 11) is 0. The van der Waals surface area contributed by atoms with Crippen molar-refractivity contribution in [2.24, 2.45) is 10.9 Å². The largest absolute Gasteiger partial charge is 0.409 e. The summed E-state index contributed by atoms with van der Waals surface area (Å²) in [5, 5.41) is 11.7. The minimum Gasteiger partial charge on any atom is -0.409 e. The minimum atomic E-state index is -0.0261. The van der Waals surface area contributed by atoms with Crippen LogP contribution < -0.4 is 5.73 Å². The maximum absolute atomic E-state index is 12.5. The molecule has 7 heteroatoms. The molecule has 1 saturated carbocycles. The molecule has 0 spiro atoms. The van der Waals surface area contributed by atoms with Crippen molar-refractivity contribution in [2.45, 2.75) is 31.7 Å². The van der Waals surface area contributed by atoms with Crippen LogP contribution in [0.2, 0.25) is 0 Å². The molecule has 1 aliphatic carbocycles. The zero-order chi connectivity index (χ0) is 13.7. The Labute approximate surface area is 113 Å². The Kier molecular flexibility index (Phi) is 4.84. The van der Waals surface area contributed by atoms with E-state index in [0.29, 0.717) is 26.3 Å². The van der Waals surface area contributed by atoms with Crippen molar-refractivity contribution in [1.29, 1.82) is 0 Å². The molecule has 0 bridgehead atoms. The van der Waals surface area contributed by atoms with Gasteiger partial charge in [-0.15, -0.1) is 0 Å². The molecule has 19 heavy (non-hydrogen) atoms. The predicted molar refractivity (Wildman–Crippen MR) is 70.2 cm³/mol. The van der Waals surface area contributed by atoms with Gasteiger partial charge in [0.05, 0.1) is 19.8 Å². The highest BCUT2D eigenvalue weighted by Crippen LogP contribution is 2.24. The number of morpholine rings is 1. The molecule has 0 aromatic heterocycles. The molecule has 0 aromatic rings. The zero-order valence-corrected chi connectivity index (χ0v) is 11.1. The Bertz CT molecular complexity index is 336. The molecule has 1 heterocycles. The number of amides is 2. The molecule has 0 atom stereocenters. The summed E-state index contributed by atoms with van der Waals surface area (Å²) < 4.78 is 5.26. The molecular formula is C12H22N4O3. The predicted octanol–water partition coefficient (Wildman–Crippen LogP) is 0.430. The molecule has 3 N–H and O–H groups in total. The van der Waals surface area contributed by atoms with Crippen LogP contribution in [-0.2, 0) is 4.74 Å². The second-order valence-corrected chi connectivity index (χ2v) is 5.04. The van der Waals surface area contributed by atoms with E-state index >= 15 is 0 Å². The van der Waals surface area contributed by atoms with Gasteiger partial charge in [-0.1, -0.05) is 18.0 Å². The number of carbonyl (C=O) groups excluding carboxylic acids is 1. The molecule has 2 fully saturated rings. The topological polar surface area (TPSA) is 91.4 Å². The number of urea groups is 1. The molecule has 7 nitrogen and oxygen atoms in total. The van der Waals surface area contributed by atoms with Crippen LogP contribution in [-0.4, -0.2) is 65.8 Å². The van der Waals surface area contributed by atoms with Crippen molar-refractivity contribution in [1.82, 2.24) is 9.80 Å². The third kappa shape index (κ3) is 3.50. The summed E-state index contributed by atoms with van der Waals surface area (Å²) >= 11 is 0. The number of nitrogens with zero attached hydrogens (tertiary/aromatic N) is 3. The van der Waals surface area contributed by atoms with Crippen LogP contribution in [0.15, 0.2) is 5.16 Å². The third-order valence-electron chi connectivity index (χ3n) is 3.75. The molecule has 2 rings (SSSR count). The average Bonchev–Trinajstić information content (AvgIpc) is 2.98. The second kappa shape index (κ2) is 6.60. The molecule has 0 radical (unpaired) electrons. The lowest BCUT2D eigenvalue weighted by Gasteiger charge is -2.35. The van der Waals surface area contributed by atoms with Gasteiger partial charge in [-0.3, -0.25) is 0 Å². The fourth-order valence-corrected chi connectivity index (χ4v) is 2.71. The van der Waals surface area contributed by atoms with Gasteiger partial charge < -0.3 is 25.5 Å². The number of ether oxygens (including phenoxy) is 1. The number of rotatable bonds is 3. The number of hydrogen-bond donors (Lipinski definition) is 2. The number of oxime groups is 1. The zero-order valence-electron chi connectivity index (χ0n) is 11.1. The smallest absolute Gasteiger partial charge is 0.320 e. The van der Waals surface area contributed by atoms with Gasteiger partial charge in [0.15, 0.2) is 5.84 Å². The van der Waals surface area contributed by atoms with Gasteiger partial charge in [0.2, 0.25) is 0 Å². The van der Waals surface area contributed by atoms with Gasteiger partial charge in [-0.25, -0.2) is 4.79 Å². The fraction of sp³-hybridized carbons (Fsp3) is 0.833. The van der Waals surface area contributed by atoms with Crippen LogP contribution in [0.25, 0.3) is 0 Å². The first kappa shape index (κ1) is 13.9. The van der Waals surface area contributed by atoms with Gasteiger partial charge >= 0.3 is 6.03 Å². The Morgan fingerprint density at radius 3 is 2.58 bits per heavy atom. The Morgan fingerprint density at radius 2 is 2.00 bits per heavy atom. The summed E-state index contributed by atoms with van der Waals surface area (Å²) in [5.74, 6) is 0.0773. The molecule has 1 aliphatic heterocycles. The molecule has 1 saturated heterocycles. The van der Waals surface area contributed by atoms with E-state index in [1.54, 1.807) is 9.80 Å². The van der Waals surface area contributed by atoms with Crippen LogP contribution in [0.4, 0.5) is 4.79 Å². The first-order valence-electron chi connectivity index (χ1n) is 6.82. The van der Waals surface area contributed by atoms with Crippen LogP contribution in [0.3, 0.4) is 0 Å². The molecular weight excluding hydrogens is 248 g/mol. The molecule has 0 aromatic carbocycles.